The normalized spacial score (nSPS) is 24.8. The molecule has 0 heterocycles. The summed E-state index contributed by atoms with van der Waals surface area (Å²) in [5.41, 5.74) is 5.57. The van der Waals surface area contributed by atoms with Gasteiger partial charge < -0.3 is 5.73 Å². The number of fused-ring (bicyclic) bond motifs is 1. The lowest BCUT2D eigenvalue weighted by molar-refractivity contribution is 0.310. The number of hydrogen-bond donors (Lipinski definition) is 1. The molecule has 0 amide bonds. The molecule has 2 aliphatic rings. The summed E-state index contributed by atoms with van der Waals surface area (Å²) >= 11 is 0. The van der Waals surface area contributed by atoms with Gasteiger partial charge in [-0.15, -0.1) is 0 Å². The lowest BCUT2D eigenvalue weighted by Crippen LogP contribution is -2.43. The van der Waals surface area contributed by atoms with E-state index in [0.29, 0.717) is 12.0 Å². The van der Waals surface area contributed by atoms with Gasteiger partial charge in [-0.25, -0.2) is 4.39 Å². The van der Waals surface area contributed by atoms with Crippen LogP contribution in [0.5, 0.6) is 0 Å². The summed E-state index contributed by atoms with van der Waals surface area (Å²) in [7, 11) is 0. The van der Waals surface area contributed by atoms with Gasteiger partial charge in [-0.1, -0.05) is 24.3 Å². The van der Waals surface area contributed by atoms with E-state index in [1.807, 2.05) is 18.2 Å². The second-order valence-corrected chi connectivity index (χ2v) is 6.13. The summed E-state index contributed by atoms with van der Waals surface area (Å²) in [5.74, 6) is -1.45. The Morgan fingerprint density at radius 1 is 1.17 bits per heavy atom. The number of rotatable bonds is 1. The van der Waals surface area contributed by atoms with Crippen LogP contribution in [0, 0.1) is 51.1 Å². The van der Waals surface area contributed by atoms with Crippen LogP contribution in [-0.2, 0) is 0 Å². The molecule has 0 spiro atoms. The zero-order valence-corrected chi connectivity index (χ0v) is 13.0. The van der Waals surface area contributed by atoms with Crippen molar-refractivity contribution in [2.24, 2.45) is 17.1 Å². The standard InChI is InChI=1S/C19H15FN4/c20-16-8-4-3-7-14(16)17-13-6-2-1-5-12(13)15(9-21)18(24)19(17,10-22)11-23/h3-5,7-8,13,17H,1-2,6,24H2/t13-,17-/m1/s1. The number of nitrogens with zero attached hydrogens (tertiary/aromatic N) is 3. The fourth-order valence-corrected chi connectivity index (χ4v) is 3.94. The minimum Gasteiger partial charge on any atom is -0.399 e. The molecule has 0 unspecified atom stereocenters. The number of nitriles is 3. The monoisotopic (exact) mass is 318 g/mol. The van der Waals surface area contributed by atoms with Crippen LogP contribution in [0.15, 0.2) is 47.2 Å². The summed E-state index contributed by atoms with van der Waals surface area (Å²) < 4.78 is 14.5. The highest BCUT2D eigenvalue weighted by molar-refractivity contribution is 5.59. The van der Waals surface area contributed by atoms with Crippen molar-refractivity contribution in [1.82, 2.24) is 0 Å². The molecule has 3 rings (SSSR count). The summed E-state index contributed by atoms with van der Waals surface area (Å²) in [6, 6.07) is 12.2. The third-order valence-corrected chi connectivity index (χ3v) is 5.04. The predicted molar refractivity (Wildman–Crippen MR) is 85.1 cm³/mol. The Balaban J connectivity index is 2.37. The summed E-state index contributed by atoms with van der Waals surface area (Å²) in [6.45, 7) is 0. The molecule has 0 saturated heterocycles. The molecule has 5 heteroatoms. The molecule has 0 saturated carbocycles. The van der Waals surface area contributed by atoms with Gasteiger partial charge in [0.15, 0.2) is 5.41 Å². The molecule has 1 aromatic rings. The Labute approximate surface area is 139 Å². The molecular weight excluding hydrogens is 303 g/mol. The molecule has 118 valence electrons. The number of benzene rings is 1. The molecular formula is C19H15FN4. The van der Waals surface area contributed by atoms with E-state index in [2.05, 4.69) is 6.07 Å². The van der Waals surface area contributed by atoms with Crippen molar-refractivity contribution < 1.29 is 4.39 Å². The van der Waals surface area contributed by atoms with Crippen molar-refractivity contribution in [3.8, 4) is 18.2 Å². The maximum Gasteiger partial charge on any atom is 0.191 e. The van der Waals surface area contributed by atoms with E-state index in [4.69, 9.17) is 5.73 Å². The van der Waals surface area contributed by atoms with Crippen molar-refractivity contribution in [1.29, 1.82) is 15.8 Å². The Hall–Kier alpha value is -3.10. The summed E-state index contributed by atoms with van der Waals surface area (Å²) in [5, 5.41) is 29.1. The zero-order chi connectivity index (χ0) is 17.3. The van der Waals surface area contributed by atoms with Gasteiger partial charge in [-0.3, -0.25) is 0 Å². The highest BCUT2D eigenvalue weighted by Gasteiger charge is 2.54. The van der Waals surface area contributed by atoms with Crippen LogP contribution in [0.1, 0.15) is 30.7 Å². The smallest absolute Gasteiger partial charge is 0.191 e. The quantitative estimate of drug-likeness (QED) is 0.857. The first-order valence-electron chi connectivity index (χ1n) is 7.78. The first-order chi connectivity index (χ1) is 11.6. The first kappa shape index (κ1) is 15.8. The average molecular weight is 318 g/mol. The molecule has 0 aliphatic heterocycles. The minimum atomic E-state index is -1.74. The highest BCUT2D eigenvalue weighted by atomic mass is 19.1. The van der Waals surface area contributed by atoms with Crippen molar-refractivity contribution in [3.63, 3.8) is 0 Å². The SMILES string of the molecule is N#CC1=C(N)C(C#N)(C#N)[C@@H](c2ccccc2F)[C@@H]2CCCC=C12. The summed E-state index contributed by atoms with van der Waals surface area (Å²) in [6.07, 6.45) is 4.30. The number of halogens is 1. The number of nitrogens with two attached hydrogens (primary N) is 1. The van der Waals surface area contributed by atoms with Crippen LogP contribution >= 0.6 is 0 Å². The average Bonchev–Trinajstić information content (AvgIpc) is 2.62. The van der Waals surface area contributed by atoms with E-state index in [9.17, 15) is 20.2 Å². The third kappa shape index (κ3) is 2.01. The van der Waals surface area contributed by atoms with Crippen molar-refractivity contribution >= 4 is 0 Å². The first-order valence-corrected chi connectivity index (χ1v) is 7.78. The van der Waals surface area contributed by atoms with E-state index in [0.717, 1.165) is 18.4 Å². The molecule has 24 heavy (non-hydrogen) atoms. The number of allylic oxidation sites excluding steroid dienone is 4. The Morgan fingerprint density at radius 2 is 1.88 bits per heavy atom. The Kier molecular flexibility index (Phi) is 3.84. The molecule has 0 radical (unpaired) electrons. The molecule has 1 aromatic carbocycles. The van der Waals surface area contributed by atoms with Crippen LogP contribution in [0.3, 0.4) is 0 Å². The zero-order valence-electron chi connectivity index (χ0n) is 13.0. The maximum atomic E-state index is 14.5. The molecule has 2 atom stereocenters. The molecule has 0 bridgehead atoms. The van der Waals surface area contributed by atoms with E-state index in [1.54, 1.807) is 18.2 Å². The van der Waals surface area contributed by atoms with Gasteiger partial charge >= 0.3 is 0 Å². The van der Waals surface area contributed by atoms with E-state index >= 15 is 0 Å². The lowest BCUT2D eigenvalue weighted by atomic mass is 9.56. The van der Waals surface area contributed by atoms with Crippen molar-refractivity contribution in [2.45, 2.75) is 25.2 Å². The third-order valence-electron chi connectivity index (χ3n) is 5.04. The van der Waals surface area contributed by atoms with Crippen LogP contribution in [0.4, 0.5) is 4.39 Å². The Bertz CT molecular complexity index is 862. The van der Waals surface area contributed by atoms with Crippen molar-refractivity contribution in [3.05, 3.63) is 58.6 Å². The van der Waals surface area contributed by atoms with E-state index < -0.39 is 17.2 Å². The van der Waals surface area contributed by atoms with Crippen LogP contribution in [0.25, 0.3) is 0 Å². The molecule has 0 aromatic heterocycles. The van der Waals surface area contributed by atoms with Gasteiger partial charge in [-0.05, 0) is 42.4 Å². The van der Waals surface area contributed by atoms with Gasteiger partial charge in [-0.2, -0.15) is 15.8 Å². The molecule has 2 aliphatic carbocycles. The fraction of sp³-hybridized carbons (Fsp3) is 0.316. The predicted octanol–water partition coefficient (Wildman–Crippen LogP) is 3.42. The highest BCUT2D eigenvalue weighted by Crippen LogP contribution is 2.56. The minimum absolute atomic E-state index is 0.0624. The second-order valence-electron chi connectivity index (χ2n) is 6.13. The van der Waals surface area contributed by atoms with E-state index in [1.165, 1.54) is 6.07 Å². The van der Waals surface area contributed by atoms with Crippen LogP contribution < -0.4 is 5.73 Å². The van der Waals surface area contributed by atoms with Gasteiger partial charge in [0.05, 0.1) is 23.4 Å². The van der Waals surface area contributed by atoms with Gasteiger partial charge in [0.25, 0.3) is 0 Å². The molecule has 2 N–H and O–H groups in total. The van der Waals surface area contributed by atoms with Crippen LogP contribution in [0.2, 0.25) is 0 Å². The van der Waals surface area contributed by atoms with Crippen LogP contribution in [-0.4, -0.2) is 0 Å². The van der Waals surface area contributed by atoms with Crippen molar-refractivity contribution in [2.75, 3.05) is 0 Å². The topological polar surface area (TPSA) is 97.4 Å². The largest absolute Gasteiger partial charge is 0.399 e. The summed E-state index contributed by atoms with van der Waals surface area (Å²) in [4.78, 5) is 0. The second kappa shape index (κ2) is 5.84. The fourth-order valence-electron chi connectivity index (χ4n) is 3.94. The van der Waals surface area contributed by atoms with Gasteiger partial charge in [0.2, 0.25) is 0 Å². The van der Waals surface area contributed by atoms with Gasteiger partial charge in [0, 0.05) is 5.92 Å². The Morgan fingerprint density at radius 3 is 2.50 bits per heavy atom. The maximum absolute atomic E-state index is 14.5. The van der Waals surface area contributed by atoms with Gasteiger partial charge in [0.1, 0.15) is 11.9 Å². The lowest BCUT2D eigenvalue weighted by Gasteiger charge is -2.43. The molecule has 4 nitrogen and oxygen atoms in total. The number of hydrogen-bond acceptors (Lipinski definition) is 4. The molecule has 0 fully saturated rings. The van der Waals surface area contributed by atoms with E-state index in [-0.39, 0.29) is 17.2 Å².